The van der Waals surface area contributed by atoms with E-state index < -0.39 is 16.0 Å². The Bertz CT molecular complexity index is 638. The number of nitrogens with zero attached hydrogens (tertiary/aromatic N) is 1. The third-order valence-corrected chi connectivity index (χ3v) is 6.49. The largest absolute Gasteiger partial charge is 0.475 e. The lowest BCUT2D eigenvalue weighted by atomic mass is 9.79. The van der Waals surface area contributed by atoms with Gasteiger partial charge in [-0.15, -0.1) is 0 Å². The molecule has 0 amide bonds. The van der Waals surface area contributed by atoms with Gasteiger partial charge in [-0.05, 0) is 25.2 Å². The van der Waals surface area contributed by atoms with Gasteiger partial charge < -0.3 is 9.52 Å². The molecule has 2 heterocycles. The highest BCUT2D eigenvalue weighted by atomic mass is 32.2. The number of carbonyl (C=O) groups is 1. The van der Waals surface area contributed by atoms with Crippen LogP contribution in [0.2, 0.25) is 0 Å². The van der Waals surface area contributed by atoms with Gasteiger partial charge in [-0.1, -0.05) is 20.3 Å². The molecule has 6 nitrogen and oxygen atoms in total. The van der Waals surface area contributed by atoms with Crippen molar-refractivity contribution in [2.24, 2.45) is 5.41 Å². The predicted octanol–water partition coefficient (Wildman–Crippen LogP) is 2.49. The Morgan fingerprint density at radius 2 is 2.00 bits per heavy atom. The van der Waals surface area contributed by atoms with E-state index in [4.69, 9.17) is 9.52 Å². The van der Waals surface area contributed by atoms with Gasteiger partial charge in [-0.3, -0.25) is 0 Å². The Morgan fingerprint density at radius 1 is 1.43 bits per heavy atom. The second-order valence-corrected chi connectivity index (χ2v) is 7.81. The standard InChI is InChI=1S/C14H21NO5S/c1-4-14(3)5-7-15(8-6-14)21(18,19)12-9-11(13(16)17)20-10(12)2/h9H,4-8H2,1-3H3,(H,16,17). The molecule has 1 N–H and O–H groups in total. The van der Waals surface area contributed by atoms with Gasteiger partial charge in [-0.25, -0.2) is 13.2 Å². The normalized spacial score (nSPS) is 19.6. The molecule has 0 bridgehead atoms. The predicted molar refractivity (Wildman–Crippen MR) is 76.8 cm³/mol. The molecule has 0 unspecified atom stereocenters. The number of aryl methyl sites for hydroxylation is 1. The van der Waals surface area contributed by atoms with Crippen molar-refractivity contribution < 1.29 is 22.7 Å². The third kappa shape index (κ3) is 2.98. The van der Waals surface area contributed by atoms with Crippen molar-refractivity contribution in [2.45, 2.75) is 44.9 Å². The molecule has 0 atom stereocenters. The molecule has 1 aromatic rings. The number of sulfonamides is 1. The van der Waals surface area contributed by atoms with Crippen LogP contribution in [0.15, 0.2) is 15.4 Å². The number of rotatable bonds is 4. The third-order valence-electron chi connectivity index (χ3n) is 4.48. The fraction of sp³-hybridized carbons (Fsp3) is 0.643. The Labute approximate surface area is 124 Å². The van der Waals surface area contributed by atoms with Crippen molar-refractivity contribution in [3.63, 3.8) is 0 Å². The van der Waals surface area contributed by atoms with Gasteiger partial charge in [0, 0.05) is 19.2 Å². The zero-order valence-corrected chi connectivity index (χ0v) is 13.4. The lowest BCUT2D eigenvalue weighted by Gasteiger charge is -2.38. The number of aromatic carboxylic acids is 1. The van der Waals surface area contributed by atoms with Gasteiger partial charge in [0.1, 0.15) is 10.7 Å². The molecule has 7 heteroatoms. The van der Waals surface area contributed by atoms with Crippen LogP contribution in [-0.4, -0.2) is 36.9 Å². The number of furan rings is 1. The van der Waals surface area contributed by atoms with Crippen LogP contribution < -0.4 is 0 Å². The van der Waals surface area contributed by atoms with Crippen LogP contribution in [-0.2, 0) is 10.0 Å². The molecule has 0 radical (unpaired) electrons. The summed E-state index contributed by atoms with van der Waals surface area (Å²) in [4.78, 5) is 10.8. The summed E-state index contributed by atoms with van der Waals surface area (Å²) < 4.78 is 31.7. The maximum atomic E-state index is 12.6. The molecule has 1 fully saturated rings. The maximum absolute atomic E-state index is 12.6. The molecule has 0 aliphatic carbocycles. The van der Waals surface area contributed by atoms with Crippen LogP contribution >= 0.6 is 0 Å². The smallest absolute Gasteiger partial charge is 0.371 e. The van der Waals surface area contributed by atoms with Crippen LogP contribution in [0, 0.1) is 12.3 Å². The van der Waals surface area contributed by atoms with Crippen LogP contribution in [0.5, 0.6) is 0 Å². The first-order chi connectivity index (χ1) is 9.69. The van der Waals surface area contributed by atoms with Gasteiger partial charge in [0.25, 0.3) is 0 Å². The molecule has 1 aliphatic heterocycles. The first-order valence-electron chi connectivity index (χ1n) is 7.03. The molecule has 1 aromatic heterocycles. The summed E-state index contributed by atoms with van der Waals surface area (Å²) >= 11 is 0. The Kier molecular flexibility index (Phi) is 4.17. The van der Waals surface area contributed by atoms with Crippen LogP contribution in [0.1, 0.15) is 49.4 Å². The molecule has 0 saturated carbocycles. The second-order valence-electron chi connectivity index (χ2n) is 5.90. The SMILES string of the molecule is CCC1(C)CCN(S(=O)(=O)c2cc(C(=O)O)oc2C)CC1. The summed E-state index contributed by atoms with van der Waals surface area (Å²) in [6.07, 6.45) is 2.64. The molecule has 1 aliphatic rings. The van der Waals surface area contributed by atoms with Crippen LogP contribution in [0.3, 0.4) is 0 Å². The average molecular weight is 315 g/mol. The van der Waals surface area contributed by atoms with Gasteiger partial charge in [0.05, 0.1) is 0 Å². The van der Waals surface area contributed by atoms with E-state index >= 15 is 0 Å². The first-order valence-corrected chi connectivity index (χ1v) is 8.47. The van der Waals surface area contributed by atoms with E-state index in [1.807, 2.05) is 0 Å². The highest BCUT2D eigenvalue weighted by molar-refractivity contribution is 7.89. The average Bonchev–Trinajstić information content (AvgIpc) is 2.82. The Morgan fingerprint density at radius 3 is 2.43 bits per heavy atom. The molecule has 21 heavy (non-hydrogen) atoms. The number of piperidine rings is 1. The van der Waals surface area contributed by atoms with Crippen molar-refractivity contribution in [2.75, 3.05) is 13.1 Å². The number of hydrogen-bond donors (Lipinski definition) is 1. The summed E-state index contributed by atoms with van der Waals surface area (Å²) in [5.41, 5.74) is 0.184. The molecule has 0 spiro atoms. The Balaban J connectivity index is 2.26. The molecule has 0 aromatic carbocycles. The van der Waals surface area contributed by atoms with E-state index in [0.29, 0.717) is 13.1 Å². The molecular weight excluding hydrogens is 294 g/mol. The Hall–Kier alpha value is -1.34. The van der Waals surface area contributed by atoms with E-state index in [1.54, 1.807) is 0 Å². The minimum Gasteiger partial charge on any atom is -0.475 e. The zero-order chi connectivity index (χ0) is 15.8. The topological polar surface area (TPSA) is 87.8 Å². The van der Waals surface area contributed by atoms with Gasteiger partial charge in [0.2, 0.25) is 15.8 Å². The highest BCUT2D eigenvalue weighted by Crippen LogP contribution is 2.36. The molecular formula is C14H21NO5S. The quantitative estimate of drug-likeness (QED) is 0.922. The minimum absolute atomic E-state index is 0.0417. The molecule has 118 valence electrons. The monoisotopic (exact) mass is 315 g/mol. The fourth-order valence-corrected chi connectivity index (χ4v) is 4.19. The summed E-state index contributed by atoms with van der Waals surface area (Å²) in [6, 6.07) is 1.10. The van der Waals surface area contributed by atoms with Crippen molar-refractivity contribution >= 4 is 16.0 Å². The van der Waals surface area contributed by atoms with Crippen molar-refractivity contribution in [1.29, 1.82) is 0 Å². The molecule has 2 rings (SSSR count). The van der Waals surface area contributed by atoms with Gasteiger partial charge in [-0.2, -0.15) is 4.31 Å². The summed E-state index contributed by atoms with van der Waals surface area (Å²) in [6.45, 7) is 6.67. The van der Waals surface area contributed by atoms with Gasteiger partial charge >= 0.3 is 5.97 Å². The molecule has 1 saturated heterocycles. The van der Waals surface area contributed by atoms with E-state index in [-0.39, 0.29) is 21.8 Å². The first kappa shape index (κ1) is 16.0. The van der Waals surface area contributed by atoms with Crippen LogP contribution in [0.4, 0.5) is 0 Å². The van der Waals surface area contributed by atoms with Crippen molar-refractivity contribution in [3.05, 3.63) is 17.6 Å². The van der Waals surface area contributed by atoms with E-state index in [1.165, 1.54) is 11.2 Å². The summed E-state index contributed by atoms with van der Waals surface area (Å²) in [5, 5.41) is 8.90. The van der Waals surface area contributed by atoms with Crippen molar-refractivity contribution in [1.82, 2.24) is 4.31 Å². The van der Waals surface area contributed by atoms with E-state index in [9.17, 15) is 13.2 Å². The summed E-state index contributed by atoms with van der Waals surface area (Å²) in [7, 11) is -3.69. The lowest BCUT2D eigenvalue weighted by molar-refractivity contribution is 0.0661. The minimum atomic E-state index is -3.69. The van der Waals surface area contributed by atoms with Crippen LogP contribution in [0.25, 0.3) is 0 Å². The van der Waals surface area contributed by atoms with E-state index in [0.717, 1.165) is 25.3 Å². The van der Waals surface area contributed by atoms with E-state index in [2.05, 4.69) is 13.8 Å². The maximum Gasteiger partial charge on any atom is 0.371 e. The highest BCUT2D eigenvalue weighted by Gasteiger charge is 2.36. The van der Waals surface area contributed by atoms with Gasteiger partial charge in [0.15, 0.2) is 0 Å². The number of hydrogen-bond acceptors (Lipinski definition) is 4. The van der Waals surface area contributed by atoms with Crippen molar-refractivity contribution in [3.8, 4) is 0 Å². The summed E-state index contributed by atoms with van der Waals surface area (Å²) in [5.74, 6) is -1.49. The second kappa shape index (κ2) is 5.46. The number of carboxylic acid groups (broad SMARTS) is 1. The lowest BCUT2D eigenvalue weighted by Crippen LogP contribution is -2.41. The fourth-order valence-electron chi connectivity index (χ4n) is 2.59. The zero-order valence-electron chi connectivity index (χ0n) is 12.5. The number of carboxylic acids is 1.